The van der Waals surface area contributed by atoms with Crippen LogP contribution in [-0.2, 0) is 4.74 Å². The Bertz CT molecular complexity index is 1100. The van der Waals surface area contributed by atoms with Crippen LogP contribution in [0.15, 0.2) is 29.2 Å². The smallest absolute Gasteiger partial charge is 0.415 e. The van der Waals surface area contributed by atoms with Crippen LogP contribution < -0.4 is 15.8 Å². The average Bonchev–Trinajstić information content (AvgIpc) is 3.24. The zero-order chi connectivity index (χ0) is 19.1. The zero-order valence-electron chi connectivity index (χ0n) is 14.1. The molecule has 140 valence electrons. The lowest BCUT2D eigenvalue weighted by Gasteiger charge is -2.13. The van der Waals surface area contributed by atoms with Crippen LogP contribution in [0.1, 0.15) is 18.5 Å². The number of benzene rings is 1. The largest absolute Gasteiger partial charge is 0.447 e. The number of rotatable bonds is 4. The number of amides is 1. The van der Waals surface area contributed by atoms with Gasteiger partial charge in [0.05, 0.1) is 29.3 Å². The fourth-order valence-corrected chi connectivity index (χ4v) is 3.95. The van der Waals surface area contributed by atoms with E-state index in [0.29, 0.717) is 39.8 Å². The van der Waals surface area contributed by atoms with Gasteiger partial charge in [-0.25, -0.2) is 14.2 Å². The Kier molecular flexibility index (Phi) is 4.48. The molecule has 0 spiro atoms. The van der Waals surface area contributed by atoms with E-state index in [9.17, 15) is 14.0 Å². The third kappa shape index (κ3) is 3.35. The summed E-state index contributed by atoms with van der Waals surface area (Å²) in [6, 6.07) is 3.97. The van der Waals surface area contributed by atoms with Gasteiger partial charge in [0.1, 0.15) is 17.4 Å². The van der Waals surface area contributed by atoms with Crippen molar-refractivity contribution < 1.29 is 13.9 Å². The molecular formula is C17H14ClFN4O3S. The third-order valence-electron chi connectivity index (χ3n) is 4.24. The molecule has 10 heteroatoms. The number of pyridine rings is 1. The van der Waals surface area contributed by atoms with Crippen molar-refractivity contribution >= 4 is 50.1 Å². The van der Waals surface area contributed by atoms with Crippen LogP contribution in [-0.4, -0.2) is 29.2 Å². The monoisotopic (exact) mass is 408 g/mol. The SMILES string of the molecule is CC(Nc1ncc(N2CCOC2=O)s1)c1cc2cc(Cl)c(F)cc2[nH]c1=O. The number of nitrogens with one attached hydrogen (secondary N) is 2. The first kappa shape index (κ1) is 17.7. The second kappa shape index (κ2) is 6.82. The average molecular weight is 409 g/mol. The zero-order valence-corrected chi connectivity index (χ0v) is 15.7. The van der Waals surface area contributed by atoms with Crippen LogP contribution in [0, 0.1) is 5.82 Å². The summed E-state index contributed by atoms with van der Waals surface area (Å²) in [6.07, 6.45) is 1.19. The molecule has 0 saturated carbocycles. The van der Waals surface area contributed by atoms with Gasteiger partial charge in [-0.05, 0) is 25.1 Å². The Morgan fingerprint density at radius 1 is 1.41 bits per heavy atom. The minimum Gasteiger partial charge on any atom is -0.447 e. The Morgan fingerprint density at radius 2 is 2.22 bits per heavy atom. The van der Waals surface area contributed by atoms with E-state index in [1.54, 1.807) is 12.3 Å². The van der Waals surface area contributed by atoms with E-state index < -0.39 is 11.9 Å². The van der Waals surface area contributed by atoms with Gasteiger partial charge < -0.3 is 15.0 Å². The van der Waals surface area contributed by atoms with E-state index in [4.69, 9.17) is 16.3 Å². The number of cyclic esters (lactones) is 1. The van der Waals surface area contributed by atoms with Crippen molar-refractivity contribution in [2.75, 3.05) is 23.4 Å². The van der Waals surface area contributed by atoms with Crippen molar-refractivity contribution in [1.82, 2.24) is 9.97 Å². The predicted molar refractivity (Wildman–Crippen MR) is 102 cm³/mol. The van der Waals surface area contributed by atoms with Crippen molar-refractivity contribution in [2.45, 2.75) is 13.0 Å². The molecule has 1 aliphatic heterocycles. The highest BCUT2D eigenvalue weighted by Gasteiger charge is 2.25. The highest BCUT2D eigenvalue weighted by atomic mass is 35.5. The van der Waals surface area contributed by atoms with Gasteiger partial charge >= 0.3 is 6.09 Å². The fraction of sp³-hybridized carbons (Fsp3) is 0.235. The summed E-state index contributed by atoms with van der Waals surface area (Å²) in [5.41, 5.74) is 0.508. The molecule has 2 aromatic heterocycles. The van der Waals surface area contributed by atoms with Crippen molar-refractivity contribution in [3.63, 3.8) is 0 Å². The quantitative estimate of drug-likeness (QED) is 0.683. The number of fused-ring (bicyclic) bond motifs is 1. The highest BCUT2D eigenvalue weighted by Crippen LogP contribution is 2.31. The normalized spacial score (nSPS) is 15.2. The molecule has 3 aromatic rings. The van der Waals surface area contributed by atoms with Crippen molar-refractivity contribution in [3.05, 3.63) is 51.2 Å². The number of hydrogen-bond acceptors (Lipinski definition) is 6. The molecule has 27 heavy (non-hydrogen) atoms. The number of thiazole rings is 1. The number of ether oxygens (including phenoxy) is 1. The van der Waals surface area contributed by atoms with Crippen molar-refractivity contribution in [1.29, 1.82) is 0 Å². The summed E-state index contributed by atoms with van der Waals surface area (Å²) < 4.78 is 18.5. The Hall–Kier alpha value is -2.65. The van der Waals surface area contributed by atoms with E-state index in [0.717, 1.165) is 0 Å². The predicted octanol–water partition coefficient (Wildman–Crippen LogP) is 3.91. The van der Waals surface area contributed by atoms with Gasteiger partial charge in [-0.2, -0.15) is 0 Å². The number of aromatic amines is 1. The lowest BCUT2D eigenvalue weighted by molar-refractivity contribution is 0.181. The van der Waals surface area contributed by atoms with Crippen LogP contribution in [0.3, 0.4) is 0 Å². The fourth-order valence-electron chi connectivity index (χ4n) is 2.85. The van der Waals surface area contributed by atoms with Gasteiger partial charge in [0.15, 0.2) is 5.13 Å². The molecule has 1 aromatic carbocycles. The van der Waals surface area contributed by atoms with Crippen LogP contribution >= 0.6 is 22.9 Å². The summed E-state index contributed by atoms with van der Waals surface area (Å²) >= 11 is 7.12. The maximum absolute atomic E-state index is 13.6. The summed E-state index contributed by atoms with van der Waals surface area (Å²) in [5, 5.41) is 5.00. The minimum absolute atomic E-state index is 0.0109. The lowest BCUT2D eigenvalue weighted by atomic mass is 10.1. The third-order valence-corrected chi connectivity index (χ3v) is 5.48. The molecule has 1 saturated heterocycles. The number of carbonyl (C=O) groups is 1. The molecule has 4 rings (SSSR count). The van der Waals surface area contributed by atoms with Crippen molar-refractivity contribution in [2.24, 2.45) is 0 Å². The van der Waals surface area contributed by atoms with Gasteiger partial charge in [-0.3, -0.25) is 9.69 Å². The van der Waals surface area contributed by atoms with E-state index in [1.807, 2.05) is 6.92 Å². The number of carbonyl (C=O) groups excluding carboxylic acids is 1. The number of halogens is 2. The summed E-state index contributed by atoms with van der Waals surface area (Å²) in [7, 11) is 0. The standard InChI is InChI=1S/C17H14ClFN4O3S/c1-8(21-16-20-7-14(27-16)23-2-3-26-17(23)25)10-4-9-5-11(18)12(19)6-13(9)22-15(10)24/h4-8H,2-3H2,1H3,(H,20,21)(H,22,24). The molecule has 1 amide bonds. The number of aromatic nitrogens is 2. The summed E-state index contributed by atoms with van der Waals surface area (Å²) in [4.78, 5) is 32.4. The minimum atomic E-state index is -0.588. The molecule has 1 atom stereocenters. The van der Waals surface area contributed by atoms with Crippen LogP contribution in [0.2, 0.25) is 5.02 Å². The maximum Gasteiger partial charge on any atom is 0.415 e. The topological polar surface area (TPSA) is 87.3 Å². The Morgan fingerprint density at radius 3 is 2.96 bits per heavy atom. The molecular weight excluding hydrogens is 395 g/mol. The van der Waals surface area contributed by atoms with E-state index in [-0.39, 0.29) is 16.6 Å². The van der Waals surface area contributed by atoms with E-state index in [2.05, 4.69) is 15.3 Å². The molecule has 0 radical (unpaired) electrons. The molecule has 1 aliphatic rings. The molecule has 2 N–H and O–H groups in total. The first-order valence-electron chi connectivity index (χ1n) is 8.11. The maximum atomic E-state index is 13.6. The van der Waals surface area contributed by atoms with Gasteiger partial charge in [0.2, 0.25) is 0 Å². The number of nitrogens with zero attached hydrogens (tertiary/aromatic N) is 2. The van der Waals surface area contributed by atoms with Gasteiger partial charge in [-0.15, -0.1) is 0 Å². The van der Waals surface area contributed by atoms with Crippen molar-refractivity contribution in [3.8, 4) is 0 Å². The number of hydrogen-bond donors (Lipinski definition) is 2. The van der Waals surface area contributed by atoms with E-state index in [1.165, 1.54) is 28.4 Å². The number of anilines is 2. The second-order valence-corrected chi connectivity index (χ2v) is 7.46. The van der Waals surface area contributed by atoms with Gasteiger partial charge in [0, 0.05) is 10.9 Å². The Labute approximate surface area is 161 Å². The highest BCUT2D eigenvalue weighted by molar-refractivity contribution is 7.19. The molecule has 3 heterocycles. The molecule has 0 bridgehead atoms. The first-order valence-corrected chi connectivity index (χ1v) is 9.30. The number of H-pyrrole nitrogens is 1. The molecule has 1 unspecified atom stereocenters. The van der Waals surface area contributed by atoms with E-state index >= 15 is 0 Å². The molecule has 0 aliphatic carbocycles. The molecule has 1 fully saturated rings. The first-order chi connectivity index (χ1) is 12.9. The van der Waals surface area contributed by atoms with Gasteiger partial charge in [-0.1, -0.05) is 22.9 Å². The summed E-state index contributed by atoms with van der Waals surface area (Å²) in [6.45, 7) is 2.65. The summed E-state index contributed by atoms with van der Waals surface area (Å²) in [5.74, 6) is -0.588. The Balaban J connectivity index is 1.59. The van der Waals surface area contributed by atoms with Crippen LogP contribution in [0.25, 0.3) is 10.9 Å². The van der Waals surface area contributed by atoms with Crippen LogP contribution in [0.5, 0.6) is 0 Å². The van der Waals surface area contributed by atoms with Gasteiger partial charge in [0.25, 0.3) is 5.56 Å². The lowest BCUT2D eigenvalue weighted by Crippen LogP contribution is -2.22. The second-order valence-electron chi connectivity index (χ2n) is 6.04. The van der Waals surface area contributed by atoms with Crippen LogP contribution in [0.4, 0.5) is 19.3 Å². The molecule has 7 nitrogen and oxygen atoms in total.